The largest absolute Gasteiger partial charge is 0.368 e. The molecule has 5 rings (SSSR count). The molecule has 0 radical (unpaired) electrons. The highest BCUT2D eigenvalue weighted by molar-refractivity contribution is 6.14. The Kier molecular flexibility index (Phi) is 4.39. The molecule has 154 valence electrons. The van der Waals surface area contributed by atoms with Gasteiger partial charge in [0.15, 0.2) is 5.82 Å². The van der Waals surface area contributed by atoms with Crippen molar-refractivity contribution in [3.05, 3.63) is 47.7 Å². The van der Waals surface area contributed by atoms with Crippen molar-refractivity contribution in [2.75, 3.05) is 36.4 Å². The van der Waals surface area contributed by atoms with Gasteiger partial charge in [-0.3, -0.25) is 9.48 Å². The van der Waals surface area contributed by atoms with Crippen LogP contribution in [0.3, 0.4) is 0 Å². The minimum absolute atomic E-state index is 0.262. The maximum absolute atomic E-state index is 14.4. The van der Waals surface area contributed by atoms with Crippen molar-refractivity contribution in [2.45, 2.75) is 6.92 Å². The van der Waals surface area contributed by atoms with E-state index in [0.29, 0.717) is 28.1 Å². The first kappa shape index (κ1) is 18.6. The molecule has 8 nitrogen and oxygen atoms in total. The van der Waals surface area contributed by atoms with Crippen LogP contribution in [0.2, 0.25) is 0 Å². The van der Waals surface area contributed by atoms with Gasteiger partial charge in [-0.1, -0.05) is 0 Å². The van der Waals surface area contributed by atoms with Gasteiger partial charge in [0.1, 0.15) is 16.9 Å². The Hall–Kier alpha value is -3.46. The van der Waals surface area contributed by atoms with E-state index in [1.165, 1.54) is 6.07 Å². The fourth-order valence-electron chi connectivity index (χ4n) is 4.04. The molecule has 0 spiro atoms. The lowest BCUT2D eigenvalue weighted by Gasteiger charge is -2.30. The standard InChI is InChI=1S/C21H22FN7O/c1-12-24-17-10-13(9-16(22)20(17)25-12)26-21(30)14-3-4-18(29-7-5-23-6-8-29)15-11-28(2)27-19(14)15/h3-4,9-11,23H,5-8H2,1-2H3,(H,24,25)(H,26,30). The number of carbonyl (C=O) groups excluding carboxylic acids is 1. The van der Waals surface area contributed by atoms with E-state index in [1.807, 2.05) is 19.3 Å². The van der Waals surface area contributed by atoms with Crippen LogP contribution in [0.25, 0.3) is 21.9 Å². The number of aromatic nitrogens is 4. The number of nitrogens with one attached hydrogen (secondary N) is 3. The molecule has 0 bridgehead atoms. The molecule has 30 heavy (non-hydrogen) atoms. The summed E-state index contributed by atoms with van der Waals surface area (Å²) >= 11 is 0. The Bertz CT molecular complexity index is 1270. The molecule has 0 atom stereocenters. The number of fused-ring (bicyclic) bond motifs is 2. The number of benzene rings is 2. The number of aromatic amines is 1. The third kappa shape index (κ3) is 3.17. The smallest absolute Gasteiger partial charge is 0.257 e. The summed E-state index contributed by atoms with van der Waals surface area (Å²) in [6.45, 7) is 5.41. The van der Waals surface area contributed by atoms with Crippen LogP contribution in [-0.2, 0) is 7.05 Å². The number of rotatable bonds is 3. The molecule has 1 fully saturated rings. The molecule has 0 aliphatic carbocycles. The highest BCUT2D eigenvalue weighted by Gasteiger charge is 2.20. The summed E-state index contributed by atoms with van der Waals surface area (Å²) in [6.07, 6.45) is 1.93. The molecule has 0 unspecified atom stereocenters. The van der Waals surface area contributed by atoms with Gasteiger partial charge in [0.2, 0.25) is 0 Å². The normalized spacial score (nSPS) is 14.6. The second-order valence-corrected chi connectivity index (χ2v) is 7.56. The van der Waals surface area contributed by atoms with E-state index in [-0.39, 0.29) is 11.4 Å². The van der Waals surface area contributed by atoms with Crippen LogP contribution in [0.5, 0.6) is 0 Å². The molecule has 2 aromatic heterocycles. The van der Waals surface area contributed by atoms with Crippen LogP contribution in [-0.4, -0.2) is 51.8 Å². The molecular weight excluding hydrogens is 385 g/mol. The molecule has 9 heteroatoms. The summed E-state index contributed by atoms with van der Waals surface area (Å²) in [5, 5.41) is 11.6. The van der Waals surface area contributed by atoms with E-state index < -0.39 is 5.82 Å². The Morgan fingerprint density at radius 3 is 2.80 bits per heavy atom. The first-order valence-corrected chi connectivity index (χ1v) is 9.89. The predicted molar refractivity (Wildman–Crippen MR) is 115 cm³/mol. The lowest BCUT2D eigenvalue weighted by molar-refractivity contribution is 0.102. The van der Waals surface area contributed by atoms with Crippen LogP contribution in [0, 0.1) is 12.7 Å². The van der Waals surface area contributed by atoms with Crippen LogP contribution in [0.1, 0.15) is 16.2 Å². The highest BCUT2D eigenvalue weighted by atomic mass is 19.1. The number of carbonyl (C=O) groups is 1. The third-order valence-electron chi connectivity index (χ3n) is 5.39. The lowest BCUT2D eigenvalue weighted by Crippen LogP contribution is -2.43. The average Bonchev–Trinajstić information content (AvgIpc) is 3.29. The molecule has 1 saturated heterocycles. The number of anilines is 2. The van der Waals surface area contributed by atoms with Crippen molar-refractivity contribution in [1.29, 1.82) is 0 Å². The van der Waals surface area contributed by atoms with Gasteiger partial charge in [-0.05, 0) is 31.2 Å². The van der Waals surface area contributed by atoms with Crippen molar-refractivity contribution >= 4 is 39.2 Å². The second-order valence-electron chi connectivity index (χ2n) is 7.56. The van der Waals surface area contributed by atoms with Gasteiger partial charge >= 0.3 is 0 Å². The molecule has 4 aromatic rings. The van der Waals surface area contributed by atoms with Crippen LogP contribution in [0.15, 0.2) is 30.5 Å². The fraction of sp³-hybridized carbons (Fsp3) is 0.286. The number of halogens is 1. The molecule has 3 heterocycles. The van der Waals surface area contributed by atoms with E-state index in [4.69, 9.17) is 0 Å². The molecule has 3 N–H and O–H groups in total. The van der Waals surface area contributed by atoms with Gasteiger partial charge in [0, 0.05) is 56.2 Å². The predicted octanol–water partition coefficient (Wildman–Crippen LogP) is 2.56. The molecular formula is C21H22FN7O. The van der Waals surface area contributed by atoms with E-state index in [1.54, 1.807) is 23.7 Å². The van der Waals surface area contributed by atoms with Gasteiger partial charge in [-0.2, -0.15) is 5.10 Å². The van der Waals surface area contributed by atoms with Crippen molar-refractivity contribution in [3.8, 4) is 0 Å². The minimum Gasteiger partial charge on any atom is -0.368 e. The van der Waals surface area contributed by atoms with Gasteiger partial charge in [-0.15, -0.1) is 0 Å². The highest BCUT2D eigenvalue weighted by Crippen LogP contribution is 2.30. The number of hydrogen-bond donors (Lipinski definition) is 3. The van der Waals surface area contributed by atoms with Crippen molar-refractivity contribution in [3.63, 3.8) is 0 Å². The summed E-state index contributed by atoms with van der Waals surface area (Å²) in [5.41, 5.74) is 3.31. The van der Waals surface area contributed by atoms with E-state index in [0.717, 1.165) is 37.3 Å². The summed E-state index contributed by atoms with van der Waals surface area (Å²) < 4.78 is 16.1. The van der Waals surface area contributed by atoms with Crippen LogP contribution < -0.4 is 15.5 Å². The molecule has 2 aromatic carbocycles. The number of aryl methyl sites for hydroxylation is 2. The monoisotopic (exact) mass is 407 g/mol. The lowest BCUT2D eigenvalue weighted by atomic mass is 10.1. The number of imidazole rings is 1. The van der Waals surface area contributed by atoms with Gasteiger partial charge in [0.25, 0.3) is 5.91 Å². The number of piperazine rings is 1. The Balaban J connectivity index is 1.51. The van der Waals surface area contributed by atoms with Crippen LogP contribution in [0.4, 0.5) is 15.8 Å². The summed E-state index contributed by atoms with van der Waals surface area (Å²) in [6, 6.07) is 6.72. The van der Waals surface area contributed by atoms with E-state index >= 15 is 0 Å². The zero-order valence-corrected chi connectivity index (χ0v) is 16.8. The maximum atomic E-state index is 14.4. The fourth-order valence-corrected chi connectivity index (χ4v) is 4.04. The Labute approximate surface area is 172 Å². The number of H-pyrrole nitrogens is 1. The first-order valence-electron chi connectivity index (χ1n) is 9.89. The quantitative estimate of drug-likeness (QED) is 0.486. The van der Waals surface area contributed by atoms with Crippen molar-refractivity contribution < 1.29 is 9.18 Å². The minimum atomic E-state index is -0.482. The zero-order chi connectivity index (χ0) is 20.8. The molecule has 0 saturated carbocycles. The molecule has 1 amide bonds. The van der Waals surface area contributed by atoms with Crippen molar-refractivity contribution in [2.24, 2.45) is 7.05 Å². The number of hydrogen-bond acceptors (Lipinski definition) is 5. The molecule has 1 aliphatic heterocycles. The Morgan fingerprint density at radius 2 is 2.00 bits per heavy atom. The topological polar surface area (TPSA) is 90.9 Å². The summed E-state index contributed by atoms with van der Waals surface area (Å²) in [4.78, 5) is 22.5. The van der Waals surface area contributed by atoms with Crippen molar-refractivity contribution in [1.82, 2.24) is 25.1 Å². The van der Waals surface area contributed by atoms with Crippen LogP contribution >= 0.6 is 0 Å². The summed E-state index contributed by atoms with van der Waals surface area (Å²) in [5.74, 6) is -0.198. The maximum Gasteiger partial charge on any atom is 0.257 e. The van der Waals surface area contributed by atoms with Gasteiger partial charge in [0.05, 0.1) is 11.1 Å². The Morgan fingerprint density at radius 1 is 1.20 bits per heavy atom. The van der Waals surface area contributed by atoms with Gasteiger partial charge in [-0.25, -0.2) is 9.37 Å². The average molecular weight is 407 g/mol. The number of nitrogens with zero attached hydrogens (tertiary/aromatic N) is 4. The third-order valence-corrected chi connectivity index (χ3v) is 5.39. The van der Waals surface area contributed by atoms with E-state index in [2.05, 4.69) is 30.6 Å². The summed E-state index contributed by atoms with van der Waals surface area (Å²) in [7, 11) is 1.84. The number of amides is 1. The second kappa shape index (κ2) is 7.10. The first-order chi connectivity index (χ1) is 14.5. The molecule has 1 aliphatic rings. The SMILES string of the molecule is Cc1nc2c(F)cc(NC(=O)c3ccc(N4CCNCC4)c4cn(C)nc34)cc2[nH]1. The van der Waals surface area contributed by atoms with E-state index in [9.17, 15) is 9.18 Å². The zero-order valence-electron chi connectivity index (χ0n) is 16.8. The van der Waals surface area contributed by atoms with Gasteiger partial charge < -0.3 is 20.5 Å².